The van der Waals surface area contributed by atoms with Crippen LogP contribution in [0.4, 0.5) is 0 Å². The largest absolute Gasteiger partial charge is 0.328 e. The first kappa shape index (κ1) is 15.1. The van der Waals surface area contributed by atoms with E-state index in [0.29, 0.717) is 0 Å². The van der Waals surface area contributed by atoms with E-state index in [0.717, 1.165) is 23.8 Å². The molecule has 0 radical (unpaired) electrons. The van der Waals surface area contributed by atoms with Crippen LogP contribution in [-0.4, -0.2) is 21.9 Å². The standard InChI is InChI=1S/C20H25NO/c1-19(2)12-7-13-20(3,4)21(19)18(22)17-11-10-15-8-5-6-9-16(15)14-17/h5-6,8-11,14H,7,12-13H2,1-4H3. The molecule has 0 spiro atoms. The molecule has 1 fully saturated rings. The molecule has 2 aromatic carbocycles. The average molecular weight is 295 g/mol. The molecular formula is C20H25NO. The van der Waals surface area contributed by atoms with Crippen LogP contribution < -0.4 is 0 Å². The van der Waals surface area contributed by atoms with Crippen molar-refractivity contribution in [2.45, 2.75) is 58.0 Å². The molecule has 1 heterocycles. The topological polar surface area (TPSA) is 20.3 Å². The van der Waals surface area contributed by atoms with Crippen LogP contribution in [0.3, 0.4) is 0 Å². The van der Waals surface area contributed by atoms with Gasteiger partial charge in [-0.15, -0.1) is 0 Å². The zero-order chi connectivity index (χ0) is 16.0. The van der Waals surface area contributed by atoms with E-state index in [1.165, 1.54) is 11.8 Å². The summed E-state index contributed by atoms with van der Waals surface area (Å²) < 4.78 is 0. The van der Waals surface area contributed by atoms with Crippen LogP contribution in [0.2, 0.25) is 0 Å². The number of piperidine rings is 1. The Hall–Kier alpha value is -1.83. The third kappa shape index (κ3) is 2.51. The number of amides is 1. The molecule has 0 N–H and O–H groups in total. The highest BCUT2D eigenvalue weighted by Crippen LogP contribution is 2.39. The first-order valence-electron chi connectivity index (χ1n) is 8.15. The Morgan fingerprint density at radius 3 is 2.14 bits per heavy atom. The third-order valence-electron chi connectivity index (χ3n) is 4.99. The lowest BCUT2D eigenvalue weighted by atomic mass is 9.79. The van der Waals surface area contributed by atoms with E-state index in [1.54, 1.807) is 0 Å². The van der Waals surface area contributed by atoms with Crippen molar-refractivity contribution in [1.29, 1.82) is 0 Å². The Bertz CT molecular complexity index is 698. The van der Waals surface area contributed by atoms with Crippen molar-refractivity contribution in [1.82, 2.24) is 4.90 Å². The quantitative estimate of drug-likeness (QED) is 0.723. The minimum absolute atomic E-state index is 0.0928. The molecule has 0 bridgehead atoms. The van der Waals surface area contributed by atoms with Gasteiger partial charge >= 0.3 is 0 Å². The highest BCUT2D eigenvalue weighted by atomic mass is 16.2. The number of fused-ring (bicyclic) bond motifs is 1. The normalized spacial score (nSPS) is 20.1. The first-order chi connectivity index (χ1) is 10.3. The Kier molecular flexibility index (Phi) is 3.51. The van der Waals surface area contributed by atoms with E-state index in [4.69, 9.17) is 0 Å². The van der Waals surface area contributed by atoms with Crippen molar-refractivity contribution in [3.05, 3.63) is 48.0 Å². The molecule has 0 aromatic heterocycles. The molecule has 1 saturated heterocycles. The fraction of sp³-hybridized carbons (Fsp3) is 0.450. The molecule has 2 aromatic rings. The summed E-state index contributed by atoms with van der Waals surface area (Å²) in [7, 11) is 0. The molecule has 116 valence electrons. The monoisotopic (exact) mass is 295 g/mol. The summed E-state index contributed by atoms with van der Waals surface area (Å²) in [5, 5.41) is 2.30. The van der Waals surface area contributed by atoms with Gasteiger partial charge < -0.3 is 4.90 Å². The van der Waals surface area contributed by atoms with Crippen molar-refractivity contribution < 1.29 is 4.79 Å². The summed E-state index contributed by atoms with van der Waals surface area (Å²) >= 11 is 0. The van der Waals surface area contributed by atoms with E-state index in [9.17, 15) is 4.79 Å². The average Bonchev–Trinajstić information content (AvgIpc) is 2.44. The van der Waals surface area contributed by atoms with Gasteiger partial charge in [-0.25, -0.2) is 0 Å². The molecule has 2 heteroatoms. The predicted octanol–water partition coefficient (Wildman–Crippen LogP) is 5.02. The number of hydrogen-bond donors (Lipinski definition) is 0. The minimum atomic E-state index is -0.0928. The van der Waals surface area contributed by atoms with Gasteiger partial charge in [-0.1, -0.05) is 30.3 Å². The summed E-state index contributed by atoms with van der Waals surface area (Å²) in [6.45, 7) is 8.75. The molecule has 0 atom stereocenters. The number of rotatable bonds is 1. The second-order valence-corrected chi connectivity index (χ2v) is 7.68. The molecule has 2 nitrogen and oxygen atoms in total. The van der Waals surface area contributed by atoms with Crippen LogP contribution in [-0.2, 0) is 0 Å². The van der Waals surface area contributed by atoms with Crippen LogP contribution in [0, 0.1) is 0 Å². The minimum Gasteiger partial charge on any atom is -0.328 e. The molecule has 0 aliphatic carbocycles. The van der Waals surface area contributed by atoms with Crippen molar-refractivity contribution in [2.24, 2.45) is 0 Å². The van der Waals surface area contributed by atoms with Crippen molar-refractivity contribution in [3.8, 4) is 0 Å². The van der Waals surface area contributed by atoms with E-state index in [-0.39, 0.29) is 17.0 Å². The number of likely N-dealkylation sites (tertiary alicyclic amines) is 1. The van der Waals surface area contributed by atoms with Crippen LogP contribution in [0.5, 0.6) is 0 Å². The maximum atomic E-state index is 13.2. The van der Waals surface area contributed by atoms with Crippen LogP contribution >= 0.6 is 0 Å². The summed E-state index contributed by atoms with van der Waals surface area (Å²) in [5.41, 5.74) is 0.608. The summed E-state index contributed by atoms with van der Waals surface area (Å²) in [4.78, 5) is 15.3. The van der Waals surface area contributed by atoms with Gasteiger partial charge in [-0.2, -0.15) is 0 Å². The smallest absolute Gasteiger partial charge is 0.254 e. The van der Waals surface area contributed by atoms with Gasteiger partial charge in [0.05, 0.1) is 0 Å². The second kappa shape index (κ2) is 5.12. The molecule has 1 aliphatic rings. The summed E-state index contributed by atoms with van der Waals surface area (Å²) in [6, 6.07) is 14.2. The molecule has 22 heavy (non-hydrogen) atoms. The Labute approximate surface area is 133 Å². The third-order valence-corrected chi connectivity index (χ3v) is 4.99. The van der Waals surface area contributed by atoms with Crippen LogP contribution in [0.1, 0.15) is 57.3 Å². The van der Waals surface area contributed by atoms with Crippen molar-refractivity contribution in [3.63, 3.8) is 0 Å². The van der Waals surface area contributed by atoms with Crippen LogP contribution in [0.15, 0.2) is 42.5 Å². The number of carbonyl (C=O) groups is 1. The van der Waals surface area contributed by atoms with Gasteiger partial charge in [0, 0.05) is 16.6 Å². The highest BCUT2D eigenvalue weighted by molar-refractivity contribution is 5.99. The lowest BCUT2D eigenvalue weighted by Gasteiger charge is -2.53. The van der Waals surface area contributed by atoms with Crippen LogP contribution in [0.25, 0.3) is 10.8 Å². The van der Waals surface area contributed by atoms with E-state index >= 15 is 0 Å². The lowest BCUT2D eigenvalue weighted by Crippen LogP contribution is -2.60. The van der Waals surface area contributed by atoms with Gasteiger partial charge in [0.2, 0.25) is 0 Å². The van der Waals surface area contributed by atoms with E-state index < -0.39 is 0 Å². The highest BCUT2D eigenvalue weighted by Gasteiger charge is 2.44. The summed E-state index contributed by atoms with van der Waals surface area (Å²) in [5.74, 6) is 0.153. The SMILES string of the molecule is CC1(C)CCCC(C)(C)N1C(=O)c1ccc2ccccc2c1. The fourth-order valence-corrected chi connectivity index (χ4v) is 4.00. The Morgan fingerprint density at radius 1 is 0.909 bits per heavy atom. The zero-order valence-corrected chi connectivity index (χ0v) is 14.0. The van der Waals surface area contributed by atoms with Crippen molar-refractivity contribution >= 4 is 16.7 Å². The molecule has 3 rings (SSSR count). The number of nitrogens with zero attached hydrogens (tertiary/aromatic N) is 1. The van der Waals surface area contributed by atoms with E-state index in [1.807, 2.05) is 30.3 Å². The molecule has 1 amide bonds. The Balaban J connectivity index is 2.03. The Morgan fingerprint density at radius 2 is 1.50 bits per heavy atom. The fourth-order valence-electron chi connectivity index (χ4n) is 4.00. The van der Waals surface area contributed by atoms with E-state index in [2.05, 4.69) is 44.7 Å². The van der Waals surface area contributed by atoms with Gasteiger partial charge in [-0.3, -0.25) is 4.79 Å². The molecule has 1 aliphatic heterocycles. The van der Waals surface area contributed by atoms with Gasteiger partial charge in [0.15, 0.2) is 0 Å². The van der Waals surface area contributed by atoms with Gasteiger partial charge in [0.25, 0.3) is 5.91 Å². The van der Waals surface area contributed by atoms with Gasteiger partial charge in [-0.05, 0) is 69.9 Å². The predicted molar refractivity (Wildman–Crippen MR) is 92.1 cm³/mol. The second-order valence-electron chi connectivity index (χ2n) is 7.68. The maximum absolute atomic E-state index is 13.2. The lowest BCUT2D eigenvalue weighted by molar-refractivity contribution is -0.0111. The molecular weight excluding hydrogens is 270 g/mol. The first-order valence-corrected chi connectivity index (χ1v) is 8.15. The molecule has 0 unspecified atom stereocenters. The number of hydrogen-bond acceptors (Lipinski definition) is 1. The maximum Gasteiger partial charge on any atom is 0.254 e. The van der Waals surface area contributed by atoms with Gasteiger partial charge in [0.1, 0.15) is 0 Å². The zero-order valence-electron chi connectivity index (χ0n) is 14.0. The molecule has 0 saturated carbocycles. The number of benzene rings is 2. The summed E-state index contributed by atoms with van der Waals surface area (Å²) in [6.07, 6.45) is 3.31. The van der Waals surface area contributed by atoms with Crippen molar-refractivity contribution in [2.75, 3.05) is 0 Å². The number of carbonyl (C=O) groups excluding carboxylic acids is 1.